The first-order chi connectivity index (χ1) is 13.9. The minimum absolute atomic E-state index is 0.0935. The molecule has 1 atom stereocenters. The quantitative estimate of drug-likeness (QED) is 0.746. The molecule has 1 saturated heterocycles. The van der Waals surface area contributed by atoms with E-state index in [4.69, 9.17) is 0 Å². The van der Waals surface area contributed by atoms with E-state index in [0.717, 1.165) is 37.0 Å². The minimum atomic E-state index is -3.69. The summed E-state index contributed by atoms with van der Waals surface area (Å²) < 4.78 is 40.6. The van der Waals surface area contributed by atoms with Crippen LogP contribution in [-0.4, -0.2) is 37.9 Å². The summed E-state index contributed by atoms with van der Waals surface area (Å²) >= 11 is 0. The molecule has 2 N–H and O–H groups in total. The van der Waals surface area contributed by atoms with Crippen LogP contribution in [0, 0.1) is 12.7 Å². The Hall–Kier alpha value is -2.45. The van der Waals surface area contributed by atoms with Gasteiger partial charge in [0.15, 0.2) is 0 Å². The van der Waals surface area contributed by atoms with Gasteiger partial charge in [-0.1, -0.05) is 18.6 Å². The van der Waals surface area contributed by atoms with Crippen LogP contribution in [0.3, 0.4) is 0 Å². The number of rotatable bonds is 6. The zero-order valence-electron chi connectivity index (χ0n) is 16.4. The number of piperidine rings is 1. The molecule has 6 nitrogen and oxygen atoms in total. The fourth-order valence-electron chi connectivity index (χ4n) is 3.57. The van der Waals surface area contributed by atoms with Crippen molar-refractivity contribution in [2.45, 2.75) is 43.5 Å². The molecule has 156 valence electrons. The van der Waals surface area contributed by atoms with Crippen LogP contribution in [0.1, 0.15) is 31.2 Å². The SMILES string of the molecule is Cc1cccc(NC(=O)NCCC2CCCCN2S(=O)(=O)c2ccc(F)cc2)c1. The van der Waals surface area contributed by atoms with Gasteiger partial charge in [-0.3, -0.25) is 0 Å². The number of sulfonamides is 1. The summed E-state index contributed by atoms with van der Waals surface area (Å²) in [6, 6.07) is 11.9. The molecule has 1 aliphatic rings. The number of aryl methyl sites for hydroxylation is 1. The standard InChI is InChI=1S/C21H26FN3O3S/c1-16-5-4-6-18(15-16)24-21(26)23-13-12-19-7-2-3-14-25(19)29(27,28)20-10-8-17(22)9-11-20/h4-6,8-11,15,19H,2-3,7,12-14H2,1H3,(H2,23,24,26). The number of hydrogen-bond acceptors (Lipinski definition) is 3. The lowest BCUT2D eigenvalue weighted by atomic mass is 10.0. The van der Waals surface area contributed by atoms with Crippen molar-refractivity contribution in [3.63, 3.8) is 0 Å². The summed E-state index contributed by atoms with van der Waals surface area (Å²) in [6.45, 7) is 2.74. The Morgan fingerprint density at radius 3 is 2.66 bits per heavy atom. The number of anilines is 1. The zero-order valence-corrected chi connectivity index (χ0v) is 17.2. The number of benzene rings is 2. The van der Waals surface area contributed by atoms with E-state index in [1.165, 1.54) is 16.4 Å². The van der Waals surface area contributed by atoms with E-state index in [9.17, 15) is 17.6 Å². The maximum absolute atomic E-state index is 13.2. The first-order valence-corrected chi connectivity index (χ1v) is 11.2. The van der Waals surface area contributed by atoms with Crippen LogP contribution in [0.2, 0.25) is 0 Å². The molecule has 0 spiro atoms. The summed E-state index contributed by atoms with van der Waals surface area (Å²) in [5, 5.41) is 5.57. The molecule has 1 heterocycles. The van der Waals surface area contributed by atoms with E-state index in [-0.39, 0.29) is 17.0 Å². The molecule has 0 saturated carbocycles. The lowest BCUT2D eigenvalue weighted by Crippen LogP contribution is -2.45. The number of carbonyl (C=O) groups excluding carboxylic acids is 1. The maximum Gasteiger partial charge on any atom is 0.319 e. The molecule has 0 radical (unpaired) electrons. The predicted molar refractivity (Wildman–Crippen MR) is 111 cm³/mol. The molecule has 1 unspecified atom stereocenters. The molecule has 1 aliphatic heterocycles. The van der Waals surface area contributed by atoms with Crippen molar-refractivity contribution >= 4 is 21.7 Å². The molecule has 29 heavy (non-hydrogen) atoms. The van der Waals surface area contributed by atoms with E-state index in [1.807, 2.05) is 31.2 Å². The van der Waals surface area contributed by atoms with E-state index in [2.05, 4.69) is 10.6 Å². The Labute approximate surface area is 171 Å². The number of nitrogens with one attached hydrogen (secondary N) is 2. The van der Waals surface area contributed by atoms with Gasteiger partial charge in [0.25, 0.3) is 0 Å². The third-order valence-electron chi connectivity index (χ3n) is 5.03. The van der Waals surface area contributed by atoms with Crippen LogP contribution in [-0.2, 0) is 10.0 Å². The van der Waals surface area contributed by atoms with Crippen molar-refractivity contribution in [2.24, 2.45) is 0 Å². The van der Waals surface area contributed by atoms with Crippen LogP contribution >= 0.6 is 0 Å². The molecular formula is C21H26FN3O3S. The van der Waals surface area contributed by atoms with Crippen molar-refractivity contribution in [1.82, 2.24) is 9.62 Å². The van der Waals surface area contributed by atoms with Crippen molar-refractivity contribution in [2.75, 3.05) is 18.4 Å². The Morgan fingerprint density at radius 2 is 1.93 bits per heavy atom. The van der Waals surface area contributed by atoms with Gasteiger partial charge < -0.3 is 10.6 Å². The summed E-state index contributed by atoms with van der Waals surface area (Å²) in [5.74, 6) is -0.469. The first kappa shape index (κ1) is 21.3. The van der Waals surface area contributed by atoms with Crippen LogP contribution in [0.25, 0.3) is 0 Å². The van der Waals surface area contributed by atoms with Gasteiger partial charge in [0.2, 0.25) is 10.0 Å². The van der Waals surface area contributed by atoms with Crippen molar-refractivity contribution in [3.05, 3.63) is 59.9 Å². The summed E-state index contributed by atoms with van der Waals surface area (Å²) in [7, 11) is -3.69. The Morgan fingerprint density at radius 1 is 1.17 bits per heavy atom. The fourth-order valence-corrected chi connectivity index (χ4v) is 5.29. The Bertz CT molecular complexity index is 948. The summed E-state index contributed by atoms with van der Waals surface area (Å²) in [4.78, 5) is 12.2. The second-order valence-corrected chi connectivity index (χ2v) is 9.15. The Balaban J connectivity index is 1.58. The zero-order chi connectivity index (χ0) is 20.9. The van der Waals surface area contributed by atoms with Crippen LogP contribution in [0.4, 0.5) is 14.9 Å². The predicted octanol–water partition coefficient (Wildman–Crippen LogP) is 3.89. The van der Waals surface area contributed by atoms with E-state index in [1.54, 1.807) is 0 Å². The Kier molecular flexibility index (Phi) is 6.87. The number of amides is 2. The largest absolute Gasteiger partial charge is 0.338 e. The number of hydrogen-bond donors (Lipinski definition) is 2. The maximum atomic E-state index is 13.2. The van der Waals surface area contributed by atoms with Crippen LogP contribution < -0.4 is 10.6 Å². The van der Waals surface area contributed by atoms with Crippen molar-refractivity contribution in [1.29, 1.82) is 0 Å². The van der Waals surface area contributed by atoms with Crippen molar-refractivity contribution < 1.29 is 17.6 Å². The first-order valence-electron chi connectivity index (χ1n) is 9.75. The highest BCUT2D eigenvalue weighted by Gasteiger charge is 2.33. The van der Waals surface area contributed by atoms with Gasteiger partial charge in [0.05, 0.1) is 4.90 Å². The highest BCUT2D eigenvalue weighted by atomic mass is 32.2. The monoisotopic (exact) mass is 419 g/mol. The molecular weight excluding hydrogens is 393 g/mol. The molecule has 1 fully saturated rings. The van der Waals surface area contributed by atoms with Crippen LogP contribution in [0.5, 0.6) is 0 Å². The number of urea groups is 1. The average Bonchev–Trinajstić information content (AvgIpc) is 2.68. The summed E-state index contributed by atoms with van der Waals surface area (Å²) in [5.41, 5.74) is 1.76. The van der Waals surface area contributed by atoms with Gasteiger partial charge in [-0.2, -0.15) is 4.31 Å². The lowest BCUT2D eigenvalue weighted by Gasteiger charge is -2.34. The minimum Gasteiger partial charge on any atom is -0.338 e. The number of nitrogens with zero attached hydrogens (tertiary/aromatic N) is 1. The van der Waals surface area contributed by atoms with E-state index >= 15 is 0 Å². The average molecular weight is 420 g/mol. The third-order valence-corrected chi connectivity index (χ3v) is 7.00. The fraction of sp³-hybridized carbons (Fsp3) is 0.381. The van der Waals surface area contributed by atoms with Crippen LogP contribution in [0.15, 0.2) is 53.4 Å². The molecule has 2 amide bonds. The van der Waals surface area contributed by atoms with Gasteiger partial charge in [-0.15, -0.1) is 0 Å². The third kappa shape index (κ3) is 5.55. The normalized spacial score (nSPS) is 17.7. The molecule has 0 aliphatic carbocycles. The summed E-state index contributed by atoms with van der Waals surface area (Å²) in [6.07, 6.45) is 2.98. The molecule has 0 aromatic heterocycles. The second-order valence-electron chi connectivity index (χ2n) is 7.26. The van der Waals surface area contributed by atoms with Crippen molar-refractivity contribution in [3.8, 4) is 0 Å². The topological polar surface area (TPSA) is 78.5 Å². The second kappa shape index (κ2) is 9.37. The van der Waals surface area contributed by atoms with E-state index in [0.29, 0.717) is 25.2 Å². The molecule has 3 rings (SSSR count). The van der Waals surface area contributed by atoms with Gasteiger partial charge in [-0.05, 0) is 68.1 Å². The molecule has 0 bridgehead atoms. The molecule has 2 aromatic carbocycles. The highest BCUT2D eigenvalue weighted by Crippen LogP contribution is 2.27. The van der Waals surface area contributed by atoms with E-state index < -0.39 is 15.8 Å². The van der Waals surface area contributed by atoms with Gasteiger partial charge in [0.1, 0.15) is 5.82 Å². The van der Waals surface area contributed by atoms with Gasteiger partial charge in [0, 0.05) is 24.8 Å². The molecule has 8 heteroatoms. The van der Waals surface area contributed by atoms with Gasteiger partial charge >= 0.3 is 6.03 Å². The lowest BCUT2D eigenvalue weighted by molar-refractivity contribution is 0.234. The number of carbonyl (C=O) groups is 1. The van der Waals surface area contributed by atoms with Gasteiger partial charge in [-0.25, -0.2) is 17.6 Å². The number of halogens is 1. The highest BCUT2D eigenvalue weighted by molar-refractivity contribution is 7.89. The smallest absolute Gasteiger partial charge is 0.319 e. The molecule has 2 aromatic rings.